The van der Waals surface area contributed by atoms with Gasteiger partial charge in [-0.3, -0.25) is 14.4 Å². The van der Waals surface area contributed by atoms with E-state index in [0.29, 0.717) is 25.7 Å². The summed E-state index contributed by atoms with van der Waals surface area (Å²) >= 11 is 12.8. The number of anilines is 1. The van der Waals surface area contributed by atoms with E-state index in [4.69, 9.17) is 32.7 Å². The van der Waals surface area contributed by atoms with Crippen LogP contribution in [0.2, 0.25) is 9.36 Å². The molecule has 2 aromatic rings. The molecule has 0 bridgehead atoms. The number of benzene rings is 1. The van der Waals surface area contributed by atoms with Crippen LogP contribution in [0, 0.1) is 0 Å². The van der Waals surface area contributed by atoms with E-state index in [1.165, 1.54) is 13.2 Å². The summed E-state index contributed by atoms with van der Waals surface area (Å²) in [4.78, 5) is 35.9. The summed E-state index contributed by atoms with van der Waals surface area (Å²) in [5, 5.41) is 2.97. The normalized spacial score (nSPS) is 10.3. The Labute approximate surface area is 164 Å². The van der Waals surface area contributed by atoms with Crippen LogP contribution in [0.3, 0.4) is 0 Å². The molecule has 1 amide bonds. The number of ketones is 1. The standard InChI is InChI=1S/C17H15Cl2NO5S/c1-24-13-4-2-10(18)8-11(13)20-16(22)9-25-17(23)7-3-12(21)14-5-6-15(19)26-14/h2,4-6,8H,3,7,9H2,1H3,(H,20,22). The molecule has 0 aliphatic heterocycles. The number of carbonyl (C=O) groups is 3. The van der Waals surface area contributed by atoms with Gasteiger partial charge >= 0.3 is 5.97 Å². The Bertz CT molecular complexity index is 821. The third-order valence-corrected chi connectivity index (χ3v) is 4.71. The second-order valence-corrected chi connectivity index (χ2v) is 7.23. The molecule has 0 radical (unpaired) electrons. The Kier molecular flexibility index (Phi) is 7.44. The first-order valence-electron chi connectivity index (χ1n) is 7.46. The molecule has 0 aliphatic rings. The summed E-state index contributed by atoms with van der Waals surface area (Å²) in [5.41, 5.74) is 0.366. The molecular weight excluding hydrogens is 401 g/mol. The van der Waals surface area contributed by atoms with Crippen LogP contribution in [0.15, 0.2) is 30.3 Å². The number of amides is 1. The Morgan fingerprint density at radius 1 is 1.12 bits per heavy atom. The molecule has 1 aromatic heterocycles. The van der Waals surface area contributed by atoms with Gasteiger partial charge in [0.05, 0.1) is 28.4 Å². The molecule has 2 rings (SSSR count). The molecule has 0 saturated carbocycles. The number of ether oxygens (including phenoxy) is 2. The highest BCUT2D eigenvalue weighted by atomic mass is 35.5. The first kappa shape index (κ1) is 20.2. The van der Waals surface area contributed by atoms with E-state index in [-0.39, 0.29) is 18.6 Å². The molecule has 0 spiro atoms. The maximum absolute atomic E-state index is 11.9. The van der Waals surface area contributed by atoms with Crippen LogP contribution in [-0.4, -0.2) is 31.4 Å². The number of rotatable bonds is 8. The van der Waals surface area contributed by atoms with Crippen molar-refractivity contribution < 1.29 is 23.9 Å². The van der Waals surface area contributed by atoms with Gasteiger partial charge in [-0.25, -0.2) is 0 Å². The van der Waals surface area contributed by atoms with E-state index >= 15 is 0 Å². The molecule has 9 heteroatoms. The molecule has 0 aliphatic carbocycles. The number of carbonyl (C=O) groups excluding carboxylic acids is 3. The SMILES string of the molecule is COc1ccc(Cl)cc1NC(=O)COC(=O)CCC(=O)c1ccc(Cl)s1. The summed E-state index contributed by atoms with van der Waals surface area (Å²) in [7, 11) is 1.46. The Morgan fingerprint density at radius 3 is 2.54 bits per heavy atom. The van der Waals surface area contributed by atoms with Gasteiger partial charge in [0.1, 0.15) is 5.75 Å². The van der Waals surface area contributed by atoms with Crippen molar-refractivity contribution in [1.82, 2.24) is 0 Å². The van der Waals surface area contributed by atoms with Gasteiger partial charge in [0.2, 0.25) is 0 Å². The smallest absolute Gasteiger partial charge is 0.306 e. The fraction of sp³-hybridized carbons (Fsp3) is 0.235. The Morgan fingerprint density at radius 2 is 1.88 bits per heavy atom. The van der Waals surface area contributed by atoms with E-state index in [2.05, 4.69) is 5.32 Å². The zero-order valence-electron chi connectivity index (χ0n) is 13.7. The molecule has 138 valence electrons. The molecule has 1 aromatic carbocycles. The van der Waals surface area contributed by atoms with Crippen LogP contribution in [0.4, 0.5) is 5.69 Å². The molecule has 0 unspecified atom stereocenters. The van der Waals surface area contributed by atoms with E-state index < -0.39 is 18.5 Å². The van der Waals surface area contributed by atoms with E-state index in [1.807, 2.05) is 0 Å². The summed E-state index contributed by atoms with van der Waals surface area (Å²) in [6.45, 7) is -0.479. The topological polar surface area (TPSA) is 81.7 Å². The molecule has 26 heavy (non-hydrogen) atoms. The summed E-state index contributed by atoms with van der Waals surface area (Å²) in [6, 6.07) is 7.96. The van der Waals surface area contributed by atoms with Gasteiger partial charge in [0, 0.05) is 11.4 Å². The van der Waals surface area contributed by atoms with Gasteiger partial charge in [-0.15, -0.1) is 11.3 Å². The molecule has 0 saturated heterocycles. The predicted molar refractivity (Wildman–Crippen MR) is 100 cm³/mol. The Hall–Kier alpha value is -2.09. The van der Waals surface area contributed by atoms with Crippen LogP contribution >= 0.6 is 34.5 Å². The van der Waals surface area contributed by atoms with E-state index in [1.54, 1.807) is 24.3 Å². The van der Waals surface area contributed by atoms with Crippen LogP contribution in [-0.2, 0) is 14.3 Å². The first-order chi connectivity index (χ1) is 12.4. The highest BCUT2D eigenvalue weighted by molar-refractivity contribution is 7.18. The zero-order chi connectivity index (χ0) is 19.1. The highest BCUT2D eigenvalue weighted by Crippen LogP contribution is 2.27. The fourth-order valence-electron chi connectivity index (χ4n) is 1.99. The van der Waals surface area contributed by atoms with Gasteiger partial charge < -0.3 is 14.8 Å². The fourth-order valence-corrected chi connectivity index (χ4v) is 3.17. The monoisotopic (exact) mass is 415 g/mol. The maximum atomic E-state index is 11.9. The summed E-state index contributed by atoms with van der Waals surface area (Å²) in [6.07, 6.45) is -0.137. The lowest BCUT2D eigenvalue weighted by Gasteiger charge is -2.10. The lowest BCUT2D eigenvalue weighted by atomic mass is 10.2. The molecule has 1 N–H and O–H groups in total. The lowest BCUT2D eigenvalue weighted by molar-refractivity contribution is -0.147. The van der Waals surface area contributed by atoms with Crippen molar-refractivity contribution in [1.29, 1.82) is 0 Å². The number of esters is 1. The third-order valence-electron chi connectivity index (χ3n) is 3.20. The number of hydrogen-bond acceptors (Lipinski definition) is 6. The van der Waals surface area contributed by atoms with Crippen LogP contribution in [0.5, 0.6) is 5.75 Å². The van der Waals surface area contributed by atoms with Crippen LogP contribution < -0.4 is 10.1 Å². The van der Waals surface area contributed by atoms with Gasteiger partial charge in [0.15, 0.2) is 12.4 Å². The van der Waals surface area contributed by atoms with Crippen LogP contribution in [0.25, 0.3) is 0 Å². The number of halogens is 2. The second-order valence-electron chi connectivity index (χ2n) is 5.08. The van der Waals surface area contributed by atoms with Gasteiger partial charge in [0.25, 0.3) is 5.91 Å². The van der Waals surface area contributed by atoms with Crippen molar-refractivity contribution in [3.05, 3.63) is 44.6 Å². The molecule has 6 nitrogen and oxygen atoms in total. The average molecular weight is 416 g/mol. The molecular formula is C17H15Cl2NO5S. The average Bonchev–Trinajstić information content (AvgIpc) is 3.04. The van der Waals surface area contributed by atoms with Gasteiger partial charge in [-0.2, -0.15) is 0 Å². The number of hydrogen-bond donors (Lipinski definition) is 1. The van der Waals surface area contributed by atoms with Crippen molar-refractivity contribution in [2.75, 3.05) is 19.0 Å². The summed E-state index contributed by atoms with van der Waals surface area (Å²) < 4.78 is 10.5. The van der Waals surface area contributed by atoms with Crippen molar-refractivity contribution in [2.24, 2.45) is 0 Å². The largest absolute Gasteiger partial charge is 0.495 e. The molecule has 0 atom stereocenters. The van der Waals surface area contributed by atoms with Crippen molar-refractivity contribution in [2.45, 2.75) is 12.8 Å². The summed E-state index contributed by atoms with van der Waals surface area (Å²) in [5.74, 6) is -0.967. The van der Waals surface area contributed by atoms with Crippen molar-refractivity contribution >= 4 is 57.9 Å². The minimum atomic E-state index is -0.644. The minimum Gasteiger partial charge on any atom is -0.495 e. The maximum Gasteiger partial charge on any atom is 0.306 e. The lowest BCUT2D eigenvalue weighted by Crippen LogP contribution is -2.21. The second kappa shape index (κ2) is 9.56. The van der Waals surface area contributed by atoms with Gasteiger partial charge in [-0.1, -0.05) is 23.2 Å². The van der Waals surface area contributed by atoms with Crippen molar-refractivity contribution in [3.8, 4) is 5.75 Å². The Balaban J connectivity index is 1.77. The number of thiophene rings is 1. The number of nitrogens with one attached hydrogen (secondary N) is 1. The first-order valence-corrected chi connectivity index (χ1v) is 9.04. The van der Waals surface area contributed by atoms with Crippen molar-refractivity contribution in [3.63, 3.8) is 0 Å². The van der Waals surface area contributed by atoms with Gasteiger partial charge in [-0.05, 0) is 30.3 Å². The minimum absolute atomic E-state index is 0.0145. The van der Waals surface area contributed by atoms with E-state index in [9.17, 15) is 14.4 Å². The predicted octanol–water partition coefficient (Wildman–Crippen LogP) is 4.21. The van der Waals surface area contributed by atoms with E-state index in [0.717, 1.165) is 11.3 Å². The number of Topliss-reactive ketones (excluding diaryl/α,β-unsaturated/α-hetero) is 1. The van der Waals surface area contributed by atoms with Crippen LogP contribution in [0.1, 0.15) is 22.5 Å². The molecule has 1 heterocycles. The quantitative estimate of drug-likeness (QED) is 0.515. The highest BCUT2D eigenvalue weighted by Gasteiger charge is 2.14. The zero-order valence-corrected chi connectivity index (χ0v) is 16.0. The third kappa shape index (κ3) is 6.01. The number of methoxy groups -OCH3 is 1. The molecule has 0 fully saturated rings.